The molecule has 0 amide bonds. The van der Waals surface area contributed by atoms with Crippen LogP contribution in [-0.2, 0) is 0 Å². The normalized spacial score (nSPS) is 11.3. The van der Waals surface area contributed by atoms with E-state index in [1.54, 1.807) is 6.07 Å². The molecule has 16 heavy (non-hydrogen) atoms. The minimum atomic E-state index is 0.0816. The molecule has 0 aliphatic rings. The Bertz CT molecular complexity index is 599. The molecule has 0 atom stereocenters. The van der Waals surface area contributed by atoms with Gasteiger partial charge >= 0.3 is 0 Å². The molecule has 1 heterocycles. The van der Waals surface area contributed by atoms with E-state index in [1.165, 1.54) is 0 Å². The summed E-state index contributed by atoms with van der Waals surface area (Å²) in [5, 5.41) is 0.738. The molecule has 84 valence electrons. The Labute approximate surface area is 103 Å². The molecule has 0 bridgehead atoms. The van der Waals surface area contributed by atoms with Gasteiger partial charge in [-0.15, -0.1) is 0 Å². The van der Waals surface area contributed by atoms with Gasteiger partial charge in [0.25, 0.3) is 0 Å². The number of fused-ring (bicyclic) bond motifs is 1. The van der Waals surface area contributed by atoms with Crippen LogP contribution in [0.2, 0.25) is 0 Å². The molecule has 2 aromatic rings. The molecule has 1 N–H and O–H groups in total. The Balaban J connectivity index is 2.89. The second-order valence-electron chi connectivity index (χ2n) is 4.36. The summed E-state index contributed by atoms with van der Waals surface area (Å²) in [6.45, 7) is 6.16. The average Bonchev–Trinajstić information content (AvgIpc) is 2.23. The molecule has 3 heteroatoms. The van der Waals surface area contributed by atoms with Gasteiger partial charge in [0.1, 0.15) is 0 Å². The summed E-state index contributed by atoms with van der Waals surface area (Å²) < 4.78 is 0.976. The molecular formula is C13H14BrNO. The highest BCUT2D eigenvalue weighted by atomic mass is 79.9. The minimum Gasteiger partial charge on any atom is -0.357 e. The molecule has 0 aliphatic carbocycles. The number of rotatable bonds is 1. The van der Waals surface area contributed by atoms with E-state index in [0.717, 1.165) is 26.6 Å². The number of benzene rings is 1. The topological polar surface area (TPSA) is 32.9 Å². The first-order valence-electron chi connectivity index (χ1n) is 5.32. The second kappa shape index (κ2) is 4.06. The second-order valence-corrected chi connectivity index (χ2v) is 5.16. The molecule has 0 unspecified atom stereocenters. The van der Waals surface area contributed by atoms with Gasteiger partial charge in [0.05, 0.1) is 5.52 Å². The summed E-state index contributed by atoms with van der Waals surface area (Å²) in [5.41, 5.74) is 3.09. The standard InChI is InChI=1S/C13H14BrNO/c1-7(2)10-6-11(16)9-5-4-8(3)12(14)13(9)15-10/h4-7H,1-3H3,(H,15,16). The maximum Gasteiger partial charge on any atom is 0.189 e. The van der Waals surface area contributed by atoms with Crippen molar-refractivity contribution in [1.82, 2.24) is 4.98 Å². The van der Waals surface area contributed by atoms with Gasteiger partial charge in [-0.3, -0.25) is 4.79 Å². The fraction of sp³-hybridized carbons (Fsp3) is 0.308. The summed E-state index contributed by atoms with van der Waals surface area (Å²) in [6, 6.07) is 5.52. The lowest BCUT2D eigenvalue weighted by Crippen LogP contribution is -2.06. The zero-order valence-electron chi connectivity index (χ0n) is 9.60. The number of pyridine rings is 1. The van der Waals surface area contributed by atoms with E-state index in [0.29, 0.717) is 5.92 Å². The van der Waals surface area contributed by atoms with Crippen molar-refractivity contribution in [2.75, 3.05) is 0 Å². The van der Waals surface area contributed by atoms with E-state index < -0.39 is 0 Å². The van der Waals surface area contributed by atoms with Crippen LogP contribution in [0.25, 0.3) is 10.9 Å². The van der Waals surface area contributed by atoms with Crippen LogP contribution >= 0.6 is 15.9 Å². The van der Waals surface area contributed by atoms with Crippen molar-refractivity contribution < 1.29 is 0 Å². The number of halogens is 1. The third-order valence-corrected chi connectivity index (χ3v) is 3.80. The van der Waals surface area contributed by atoms with E-state index >= 15 is 0 Å². The third kappa shape index (κ3) is 1.80. The van der Waals surface area contributed by atoms with E-state index in [4.69, 9.17) is 0 Å². The van der Waals surface area contributed by atoms with Gasteiger partial charge in [0, 0.05) is 21.6 Å². The molecular weight excluding hydrogens is 266 g/mol. The predicted octanol–water partition coefficient (Wildman–Crippen LogP) is 3.72. The zero-order chi connectivity index (χ0) is 11.9. The Kier molecular flexibility index (Phi) is 2.89. The molecule has 0 fully saturated rings. The largest absolute Gasteiger partial charge is 0.357 e. The van der Waals surface area contributed by atoms with Crippen LogP contribution in [-0.4, -0.2) is 4.98 Å². The van der Waals surface area contributed by atoms with Crippen LogP contribution in [0.3, 0.4) is 0 Å². The molecule has 0 radical (unpaired) electrons. The van der Waals surface area contributed by atoms with Gasteiger partial charge in [-0.2, -0.15) is 0 Å². The molecule has 1 aromatic heterocycles. The van der Waals surface area contributed by atoms with Gasteiger partial charge < -0.3 is 4.98 Å². The van der Waals surface area contributed by atoms with Crippen molar-refractivity contribution in [3.63, 3.8) is 0 Å². The summed E-state index contributed by atoms with van der Waals surface area (Å²) in [7, 11) is 0. The molecule has 2 nitrogen and oxygen atoms in total. The molecule has 2 rings (SSSR count). The van der Waals surface area contributed by atoms with Crippen molar-refractivity contribution in [2.24, 2.45) is 0 Å². The summed E-state index contributed by atoms with van der Waals surface area (Å²) >= 11 is 3.53. The predicted molar refractivity (Wildman–Crippen MR) is 71.1 cm³/mol. The van der Waals surface area contributed by atoms with Gasteiger partial charge in [-0.1, -0.05) is 19.9 Å². The number of aromatic nitrogens is 1. The van der Waals surface area contributed by atoms with Crippen LogP contribution in [0.15, 0.2) is 27.5 Å². The number of aryl methyl sites for hydroxylation is 1. The Hall–Kier alpha value is -1.09. The maximum atomic E-state index is 11.9. The highest BCUT2D eigenvalue weighted by Gasteiger charge is 2.08. The van der Waals surface area contributed by atoms with Crippen molar-refractivity contribution >= 4 is 26.8 Å². The lowest BCUT2D eigenvalue weighted by molar-refractivity contribution is 0.828. The fourth-order valence-electron chi connectivity index (χ4n) is 1.72. The van der Waals surface area contributed by atoms with Gasteiger partial charge in [-0.05, 0) is 40.4 Å². The van der Waals surface area contributed by atoms with Crippen molar-refractivity contribution in [3.05, 3.63) is 44.2 Å². The van der Waals surface area contributed by atoms with Crippen LogP contribution < -0.4 is 5.43 Å². The highest BCUT2D eigenvalue weighted by Crippen LogP contribution is 2.25. The van der Waals surface area contributed by atoms with E-state index in [2.05, 4.69) is 34.8 Å². The molecule has 0 aliphatic heterocycles. The smallest absolute Gasteiger partial charge is 0.189 e. The van der Waals surface area contributed by atoms with E-state index in [9.17, 15) is 4.79 Å². The number of hydrogen-bond donors (Lipinski definition) is 1. The minimum absolute atomic E-state index is 0.0816. The monoisotopic (exact) mass is 279 g/mol. The zero-order valence-corrected chi connectivity index (χ0v) is 11.2. The first-order chi connectivity index (χ1) is 7.50. The Morgan fingerprint density at radius 2 is 2.00 bits per heavy atom. The van der Waals surface area contributed by atoms with Crippen LogP contribution in [0.1, 0.15) is 31.0 Å². The van der Waals surface area contributed by atoms with Gasteiger partial charge in [0.15, 0.2) is 5.43 Å². The fourth-order valence-corrected chi connectivity index (χ4v) is 2.16. The Morgan fingerprint density at radius 3 is 2.62 bits per heavy atom. The lowest BCUT2D eigenvalue weighted by Gasteiger charge is -2.09. The Morgan fingerprint density at radius 1 is 1.31 bits per heavy atom. The molecule has 0 saturated carbocycles. The number of nitrogens with one attached hydrogen (secondary N) is 1. The van der Waals surface area contributed by atoms with E-state index in [1.807, 2.05) is 19.1 Å². The molecule has 1 aromatic carbocycles. The first kappa shape index (κ1) is 11.4. The highest BCUT2D eigenvalue weighted by molar-refractivity contribution is 9.10. The molecule has 0 saturated heterocycles. The SMILES string of the molecule is Cc1ccc2c(=O)cc(C(C)C)[nH]c2c1Br. The van der Waals surface area contributed by atoms with Crippen molar-refractivity contribution in [1.29, 1.82) is 0 Å². The van der Waals surface area contributed by atoms with E-state index in [-0.39, 0.29) is 5.43 Å². The number of hydrogen-bond acceptors (Lipinski definition) is 1. The van der Waals surface area contributed by atoms with Crippen LogP contribution in [0, 0.1) is 6.92 Å². The van der Waals surface area contributed by atoms with Crippen molar-refractivity contribution in [3.8, 4) is 0 Å². The van der Waals surface area contributed by atoms with Gasteiger partial charge in [0.2, 0.25) is 0 Å². The lowest BCUT2D eigenvalue weighted by atomic mass is 10.1. The van der Waals surface area contributed by atoms with Crippen molar-refractivity contribution in [2.45, 2.75) is 26.7 Å². The maximum absolute atomic E-state index is 11.9. The average molecular weight is 280 g/mol. The van der Waals surface area contributed by atoms with Crippen LogP contribution in [0.4, 0.5) is 0 Å². The number of H-pyrrole nitrogens is 1. The molecule has 0 spiro atoms. The first-order valence-corrected chi connectivity index (χ1v) is 6.12. The quantitative estimate of drug-likeness (QED) is 0.848. The summed E-state index contributed by atoms with van der Waals surface area (Å²) in [5.74, 6) is 0.324. The summed E-state index contributed by atoms with van der Waals surface area (Å²) in [6.07, 6.45) is 0. The number of aromatic amines is 1. The van der Waals surface area contributed by atoms with Gasteiger partial charge in [-0.25, -0.2) is 0 Å². The third-order valence-electron chi connectivity index (χ3n) is 2.78. The summed E-state index contributed by atoms with van der Waals surface area (Å²) in [4.78, 5) is 15.3. The van der Waals surface area contributed by atoms with Crippen LogP contribution in [0.5, 0.6) is 0 Å².